The summed E-state index contributed by atoms with van der Waals surface area (Å²) in [5.41, 5.74) is 4.46. The number of fused-ring (bicyclic) bond motifs is 2. The number of hydrogen-bond acceptors (Lipinski definition) is 3. The van der Waals surface area contributed by atoms with E-state index in [9.17, 15) is 4.39 Å². The van der Waals surface area contributed by atoms with Crippen molar-refractivity contribution in [1.82, 2.24) is 19.6 Å². The summed E-state index contributed by atoms with van der Waals surface area (Å²) in [6, 6.07) is 15.0. The molecule has 5 rings (SSSR count). The van der Waals surface area contributed by atoms with Crippen LogP contribution in [-0.2, 0) is 6.42 Å². The third kappa shape index (κ3) is 2.21. The molecule has 1 aromatic carbocycles. The lowest BCUT2D eigenvalue weighted by molar-refractivity contribution is 0.615. The molecule has 5 nitrogen and oxygen atoms in total. The molecule has 1 aliphatic heterocycles. The molecular weight excluding hydrogens is 317 g/mol. The Morgan fingerprint density at radius 3 is 2.84 bits per heavy atom. The summed E-state index contributed by atoms with van der Waals surface area (Å²) in [6.45, 7) is 0.847. The molecule has 1 atom stereocenters. The molecule has 4 heterocycles. The first kappa shape index (κ1) is 14.2. The molecule has 0 unspecified atom stereocenters. The Bertz CT molecular complexity index is 1040. The quantitative estimate of drug-likeness (QED) is 0.612. The number of para-hydroxylation sites is 1. The van der Waals surface area contributed by atoms with Gasteiger partial charge in [0.05, 0.1) is 17.7 Å². The lowest BCUT2D eigenvalue weighted by Gasteiger charge is -2.35. The molecule has 0 fully saturated rings. The lowest BCUT2D eigenvalue weighted by atomic mass is 9.99. The summed E-state index contributed by atoms with van der Waals surface area (Å²) < 4.78 is 15.7. The van der Waals surface area contributed by atoms with Crippen molar-refractivity contribution in [3.05, 3.63) is 84.0 Å². The maximum Gasteiger partial charge on any atom is 0.148 e. The molecule has 6 heteroatoms. The summed E-state index contributed by atoms with van der Waals surface area (Å²) in [7, 11) is 0. The number of imidazole rings is 1. The molecule has 124 valence electrons. The summed E-state index contributed by atoms with van der Waals surface area (Å²) in [6.07, 6.45) is 4.38. The van der Waals surface area contributed by atoms with Crippen LogP contribution >= 0.6 is 0 Å². The van der Waals surface area contributed by atoms with Crippen molar-refractivity contribution < 1.29 is 4.39 Å². The van der Waals surface area contributed by atoms with Crippen LogP contribution in [-0.4, -0.2) is 26.1 Å². The number of anilines is 1. The van der Waals surface area contributed by atoms with E-state index in [0.29, 0.717) is 5.52 Å². The highest BCUT2D eigenvalue weighted by Crippen LogP contribution is 2.36. The molecular formula is C19H16FN5. The maximum atomic E-state index is 14.1. The SMILES string of the molecule is Fc1cccn2nc([C@H]3c4nc[nH]c4CCN3c3ccccc3)cc12. The van der Waals surface area contributed by atoms with Gasteiger partial charge in [0.1, 0.15) is 17.4 Å². The number of pyridine rings is 1. The van der Waals surface area contributed by atoms with Crippen LogP contribution in [0.25, 0.3) is 5.52 Å². The van der Waals surface area contributed by atoms with E-state index in [2.05, 4.69) is 32.1 Å². The van der Waals surface area contributed by atoms with Crippen molar-refractivity contribution in [3.63, 3.8) is 0 Å². The van der Waals surface area contributed by atoms with E-state index in [1.165, 1.54) is 6.07 Å². The summed E-state index contributed by atoms with van der Waals surface area (Å²) in [4.78, 5) is 10.1. The minimum Gasteiger partial charge on any atom is -0.357 e. The van der Waals surface area contributed by atoms with E-state index in [1.54, 1.807) is 23.1 Å². The van der Waals surface area contributed by atoms with Crippen LogP contribution in [0.5, 0.6) is 0 Å². The number of H-pyrrole nitrogens is 1. The Morgan fingerprint density at radius 1 is 1.12 bits per heavy atom. The zero-order chi connectivity index (χ0) is 16.8. The number of benzene rings is 1. The summed E-state index contributed by atoms with van der Waals surface area (Å²) in [5, 5.41) is 4.63. The van der Waals surface area contributed by atoms with Crippen LogP contribution in [0.1, 0.15) is 23.1 Å². The van der Waals surface area contributed by atoms with Gasteiger partial charge in [-0.2, -0.15) is 5.10 Å². The molecule has 0 aliphatic carbocycles. The van der Waals surface area contributed by atoms with E-state index in [1.807, 2.05) is 24.3 Å². The minimum absolute atomic E-state index is 0.142. The average molecular weight is 333 g/mol. The van der Waals surface area contributed by atoms with Crippen molar-refractivity contribution in [2.24, 2.45) is 0 Å². The molecule has 0 saturated heterocycles. The van der Waals surface area contributed by atoms with Gasteiger partial charge in [0.2, 0.25) is 0 Å². The molecule has 0 spiro atoms. The van der Waals surface area contributed by atoms with Gasteiger partial charge in [-0.15, -0.1) is 0 Å². The summed E-state index contributed by atoms with van der Waals surface area (Å²) in [5.74, 6) is -0.273. The number of halogens is 1. The number of nitrogens with zero attached hydrogens (tertiary/aromatic N) is 4. The first-order valence-electron chi connectivity index (χ1n) is 8.29. The Hall–Kier alpha value is -3.15. The number of rotatable bonds is 2. The molecule has 3 aromatic heterocycles. The first-order valence-corrected chi connectivity index (χ1v) is 8.29. The van der Waals surface area contributed by atoms with E-state index in [-0.39, 0.29) is 11.9 Å². The molecule has 25 heavy (non-hydrogen) atoms. The molecule has 0 radical (unpaired) electrons. The predicted molar refractivity (Wildman–Crippen MR) is 93.1 cm³/mol. The van der Waals surface area contributed by atoms with E-state index in [4.69, 9.17) is 0 Å². The minimum atomic E-state index is -0.273. The van der Waals surface area contributed by atoms with Crippen molar-refractivity contribution in [2.45, 2.75) is 12.5 Å². The van der Waals surface area contributed by atoms with Gasteiger partial charge in [0.15, 0.2) is 0 Å². The third-order valence-electron chi connectivity index (χ3n) is 4.76. The Kier molecular flexibility index (Phi) is 3.09. The fourth-order valence-corrected chi connectivity index (χ4v) is 3.61. The van der Waals surface area contributed by atoms with Crippen LogP contribution in [0.2, 0.25) is 0 Å². The zero-order valence-corrected chi connectivity index (χ0v) is 13.4. The fourth-order valence-electron chi connectivity index (χ4n) is 3.61. The number of nitrogens with one attached hydrogen (secondary N) is 1. The largest absolute Gasteiger partial charge is 0.357 e. The zero-order valence-electron chi connectivity index (χ0n) is 13.4. The molecule has 1 N–H and O–H groups in total. The first-order chi connectivity index (χ1) is 12.3. The van der Waals surface area contributed by atoms with Crippen molar-refractivity contribution >= 4 is 11.2 Å². The standard InChI is InChI=1S/C19H16FN5/c20-14-7-4-9-25-17(14)11-16(23-25)19-18-15(21-12-22-18)8-10-24(19)13-5-2-1-3-6-13/h1-7,9,11-12,19H,8,10H2,(H,21,22)/t19-/m0/s1. The van der Waals surface area contributed by atoms with Gasteiger partial charge in [-0.3, -0.25) is 0 Å². The Morgan fingerprint density at radius 2 is 2.00 bits per heavy atom. The van der Waals surface area contributed by atoms with Crippen LogP contribution in [0.15, 0.2) is 61.1 Å². The van der Waals surface area contributed by atoms with E-state index in [0.717, 1.165) is 35.7 Å². The summed E-state index contributed by atoms with van der Waals surface area (Å²) >= 11 is 0. The van der Waals surface area contributed by atoms with Gasteiger partial charge in [-0.05, 0) is 30.3 Å². The molecule has 1 aliphatic rings. The number of aromatic amines is 1. The Labute approximate surface area is 143 Å². The third-order valence-corrected chi connectivity index (χ3v) is 4.76. The molecule has 0 bridgehead atoms. The maximum absolute atomic E-state index is 14.1. The fraction of sp³-hybridized carbons (Fsp3) is 0.158. The van der Waals surface area contributed by atoms with Gasteiger partial charge >= 0.3 is 0 Å². The molecule has 0 amide bonds. The highest BCUT2D eigenvalue weighted by atomic mass is 19.1. The average Bonchev–Trinajstić information content (AvgIpc) is 3.29. The van der Waals surface area contributed by atoms with E-state index < -0.39 is 0 Å². The van der Waals surface area contributed by atoms with Crippen LogP contribution in [0.4, 0.5) is 10.1 Å². The Balaban J connectivity index is 1.70. The van der Waals surface area contributed by atoms with Gasteiger partial charge in [0, 0.05) is 30.5 Å². The number of hydrogen-bond donors (Lipinski definition) is 1. The predicted octanol–water partition coefficient (Wildman–Crippen LogP) is 3.35. The normalized spacial score (nSPS) is 17.0. The smallest absolute Gasteiger partial charge is 0.148 e. The van der Waals surface area contributed by atoms with Crippen LogP contribution in [0.3, 0.4) is 0 Å². The van der Waals surface area contributed by atoms with Gasteiger partial charge < -0.3 is 9.88 Å². The van der Waals surface area contributed by atoms with Crippen molar-refractivity contribution in [3.8, 4) is 0 Å². The van der Waals surface area contributed by atoms with E-state index >= 15 is 0 Å². The highest BCUT2D eigenvalue weighted by Gasteiger charge is 2.33. The number of aromatic nitrogens is 4. The van der Waals surface area contributed by atoms with Crippen LogP contribution in [0, 0.1) is 5.82 Å². The monoisotopic (exact) mass is 333 g/mol. The molecule has 4 aromatic rings. The van der Waals surface area contributed by atoms with Gasteiger partial charge in [-0.25, -0.2) is 13.9 Å². The second-order valence-corrected chi connectivity index (χ2v) is 6.20. The van der Waals surface area contributed by atoms with Gasteiger partial charge in [0.25, 0.3) is 0 Å². The second kappa shape index (κ2) is 5.44. The van der Waals surface area contributed by atoms with Crippen molar-refractivity contribution in [1.29, 1.82) is 0 Å². The van der Waals surface area contributed by atoms with Gasteiger partial charge in [-0.1, -0.05) is 18.2 Å². The molecule has 0 saturated carbocycles. The van der Waals surface area contributed by atoms with Crippen molar-refractivity contribution in [2.75, 3.05) is 11.4 Å². The lowest BCUT2D eigenvalue weighted by Crippen LogP contribution is -2.36. The highest BCUT2D eigenvalue weighted by molar-refractivity contribution is 5.56. The topological polar surface area (TPSA) is 49.2 Å². The van der Waals surface area contributed by atoms with Crippen LogP contribution < -0.4 is 4.90 Å². The second-order valence-electron chi connectivity index (χ2n) is 6.20.